The lowest BCUT2D eigenvalue weighted by Crippen LogP contribution is -2.30. The number of hydrogen-bond donors (Lipinski definition) is 1. The lowest BCUT2D eigenvalue weighted by atomic mass is 9.77. The molecule has 2 aliphatic rings. The van der Waals surface area contributed by atoms with E-state index >= 15 is 0 Å². The van der Waals surface area contributed by atoms with E-state index in [0.717, 1.165) is 11.1 Å². The van der Waals surface area contributed by atoms with E-state index in [-0.39, 0.29) is 23.4 Å². The van der Waals surface area contributed by atoms with Gasteiger partial charge in [-0.2, -0.15) is 0 Å². The van der Waals surface area contributed by atoms with Gasteiger partial charge in [0.15, 0.2) is 11.6 Å². The largest absolute Gasteiger partial charge is 0.496 e. The summed E-state index contributed by atoms with van der Waals surface area (Å²) in [4.78, 5) is 37.4. The maximum absolute atomic E-state index is 13.0. The van der Waals surface area contributed by atoms with Crippen LogP contribution >= 0.6 is 0 Å². The molecule has 1 amide bonds. The number of aryl methyl sites for hydroxylation is 1. The number of hydrogen-bond acceptors (Lipinski definition) is 4. The van der Waals surface area contributed by atoms with Gasteiger partial charge in [0, 0.05) is 22.6 Å². The van der Waals surface area contributed by atoms with Gasteiger partial charge in [-0.3, -0.25) is 14.4 Å². The van der Waals surface area contributed by atoms with Crippen molar-refractivity contribution in [2.24, 2.45) is 11.7 Å². The van der Waals surface area contributed by atoms with Crippen LogP contribution in [-0.2, 0) is 17.6 Å². The van der Waals surface area contributed by atoms with E-state index in [9.17, 15) is 14.4 Å². The number of methoxy groups -OCH3 is 1. The Kier molecular flexibility index (Phi) is 3.46. The van der Waals surface area contributed by atoms with Crippen molar-refractivity contribution >= 4 is 17.5 Å². The fourth-order valence-corrected chi connectivity index (χ4v) is 3.83. The number of ether oxygens (including phenoxy) is 1. The number of amides is 1. The second kappa shape index (κ2) is 5.55. The van der Waals surface area contributed by atoms with Crippen molar-refractivity contribution in [3.05, 3.63) is 63.7 Å². The van der Waals surface area contributed by atoms with E-state index in [1.165, 1.54) is 7.11 Å². The molecule has 126 valence electrons. The Balaban J connectivity index is 1.87. The Morgan fingerprint density at radius 3 is 2.52 bits per heavy atom. The monoisotopic (exact) mass is 335 g/mol. The molecule has 0 heterocycles. The van der Waals surface area contributed by atoms with Crippen molar-refractivity contribution in [2.45, 2.75) is 19.3 Å². The van der Waals surface area contributed by atoms with Gasteiger partial charge in [-0.1, -0.05) is 12.1 Å². The van der Waals surface area contributed by atoms with E-state index in [2.05, 4.69) is 0 Å². The van der Waals surface area contributed by atoms with Crippen molar-refractivity contribution in [3.63, 3.8) is 0 Å². The first-order valence-corrected chi connectivity index (χ1v) is 8.22. The van der Waals surface area contributed by atoms with Crippen molar-refractivity contribution in [3.8, 4) is 5.75 Å². The Morgan fingerprint density at radius 1 is 1.08 bits per heavy atom. The van der Waals surface area contributed by atoms with Crippen LogP contribution in [0.4, 0.5) is 0 Å². The van der Waals surface area contributed by atoms with Crippen molar-refractivity contribution in [2.75, 3.05) is 7.11 Å². The standard InChI is InChI=1S/C20H17NO4/c1-25-16-4-2-3-13-17(16)19(23)15-8-10-5-6-11(20(21)24)7-12(10)9-14(15)18(13)22/h2-4,8-9,11H,5-7H2,1H3,(H2,21,24). The molecule has 2 aliphatic carbocycles. The highest BCUT2D eigenvalue weighted by molar-refractivity contribution is 6.29. The molecule has 0 aromatic heterocycles. The molecule has 0 saturated carbocycles. The highest BCUT2D eigenvalue weighted by atomic mass is 16.5. The average Bonchev–Trinajstić information content (AvgIpc) is 2.63. The van der Waals surface area contributed by atoms with Gasteiger partial charge in [0.2, 0.25) is 5.91 Å². The third-order valence-electron chi connectivity index (χ3n) is 5.18. The van der Waals surface area contributed by atoms with Crippen molar-refractivity contribution in [1.29, 1.82) is 0 Å². The predicted molar refractivity (Wildman–Crippen MR) is 91.0 cm³/mol. The Hall–Kier alpha value is -2.95. The number of nitrogens with two attached hydrogens (primary N) is 1. The summed E-state index contributed by atoms with van der Waals surface area (Å²) < 4.78 is 5.28. The molecular weight excluding hydrogens is 318 g/mol. The molecule has 1 atom stereocenters. The van der Waals surface area contributed by atoms with Gasteiger partial charge in [-0.05, 0) is 48.6 Å². The number of primary amides is 1. The SMILES string of the molecule is COc1cccc2c1C(=O)c1cc3c(cc1C2=O)CC(C(N)=O)CC3. The second-order valence-electron chi connectivity index (χ2n) is 6.55. The summed E-state index contributed by atoms with van der Waals surface area (Å²) in [6.45, 7) is 0. The number of ketones is 2. The van der Waals surface area contributed by atoms with Crippen LogP contribution in [0.3, 0.4) is 0 Å². The van der Waals surface area contributed by atoms with Crippen LogP contribution in [0.25, 0.3) is 0 Å². The maximum atomic E-state index is 13.0. The number of fused-ring (bicyclic) bond motifs is 3. The van der Waals surface area contributed by atoms with E-state index < -0.39 is 0 Å². The average molecular weight is 335 g/mol. The van der Waals surface area contributed by atoms with Crippen LogP contribution in [0.2, 0.25) is 0 Å². The molecule has 5 nitrogen and oxygen atoms in total. The van der Waals surface area contributed by atoms with E-state index in [0.29, 0.717) is 47.3 Å². The zero-order valence-corrected chi connectivity index (χ0v) is 13.8. The summed E-state index contributed by atoms with van der Waals surface area (Å²) in [5, 5.41) is 0. The normalized spacial score (nSPS) is 18.2. The van der Waals surface area contributed by atoms with E-state index in [1.807, 2.05) is 0 Å². The summed E-state index contributed by atoms with van der Waals surface area (Å²) in [5.41, 5.74) is 8.87. The smallest absolute Gasteiger partial charge is 0.220 e. The zero-order chi connectivity index (χ0) is 17.7. The highest BCUT2D eigenvalue weighted by Crippen LogP contribution is 2.36. The van der Waals surface area contributed by atoms with Crippen LogP contribution < -0.4 is 10.5 Å². The minimum absolute atomic E-state index is 0.188. The number of rotatable bonds is 2. The van der Waals surface area contributed by atoms with E-state index in [1.54, 1.807) is 30.3 Å². The van der Waals surface area contributed by atoms with Crippen LogP contribution in [0.5, 0.6) is 5.75 Å². The summed E-state index contributed by atoms with van der Waals surface area (Å²) >= 11 is 0. The van der Waals surface area contributed by atoms with E-state index in [4.69, 9.17) is 10.5 Å². The van der Waals surface area contributed by atoms with Gasteiger partial charge in [-0.25, -0.2) is 0 Å². The Labute approximate surface area is 144 Å². The first kappa shape index (κ1) is 15.6. The summed E-state index contributed by atoms with van der Waals surface area (Å²) in [5.74, 6) is -0.504. The molecule has 25 heavy (non-hydrogen) atoms. The second-order valence-corrected chi connectivity index (χ2v) is 6.55. The fraction of sp³-hybridized carbons (Fsp3) is 0.250. The molecular formula is C20H17NO4. The predicted octanol–water partition coefficient (Wildman–Crippen LogP) is 2.06. The van der Waals surface area contributed by atoms with Gasteiger partial charge < -0.3 is 10.5 Å². The van der Waals surface area contributed by atoms with Gasteiger partial charge in [0.1, 0.15) is 5.75 Å². The minimum atomic E-state index is -0.319. The van der Waals surface area contributed by atoms with Gasteiger partial charge in [0.05, 0.1) is 12.7 Å². The molecule has 1 unspecified atom stereocenters. The molecule has 2 N–H and O–H groups in total. The summed E-state index contributed by atoms with van der Waals surface area (Å²) in [6.07, 6.45) is 1.87. The third-order valence-corrected chi connectivity index (χ3v) is 5.18. The Bertz CT molecular complexity index is 945. The number of carbonyl (C=O) groups is 3. The fourth-order valence-electron chi connectivity index (χ4n) is 3.83. The van der Waals surface area contributed by atoms with Gasteiger partial charge in [0.25, 0.3) is 0 Å². The summed E-state index contributed by atoms with van der Waals surface area (Å²) in [7, 11) is 1.49. The Morgan fingerprint density at radius 2 is 1.80 bits per heavy atom. The molecule has 0 radical (unpaired) electrons. The van der Waals surface area contributed by atoms with Crippen molar-refractivity contribution < 1.29 is 19.1 Å². The maximum Gasteiger partial charge on any atom is 0.220 e. The first-order chi connectivity index (χ1) is 12.0. The number of carbonyl (C=O) groups excluding carboxylic acids is 3. The van der Waals surface area contributed by atoms with Crippen LogP contribution in [-0.4, -0.2) is 24.6 Å². The van der Waals surface area contributed by atoms with Crippen LogP contribution in [0, 0.1) is 5.92 Å². The third kappa shape index (κ3) is 2.27. The quantitative estimate of drug-likeness (QED) is 0.776. The topological polar surface area (TPSA) is 86.5 Å². The van der Waals surface area contributed by atoms with Crippen LogP contribution in [0.1, 0.15) is 49.4 Å². The molecule has 0 bridgehead atoms. The van der Waals surface area contributed by atoms with Crippen LogP contribution in [0.15, 0.2) is 30.3 Å². The molecule has 2 aromatic rings. The molecule has 2 aromatic carbocycles. The molecule has 0 aliphatic heterocycles. The van der Waals surface area contributed by atoms with Gasteiger partial charge in [-0.15, -0.1) is 0 Å². The first-order valence-electron chi connectivity index (χ1n) is 8.22. The molecule has 0 spiro atoms. The molecule has 0 fully saturated rings. The molecule has 4 rings (SSSR count). The van der Waals surface area contributed by atoms with Gasteiger partial charge >= 0.3 is 0 Å². The number of benzene rings is 2. The zero-order valence-electron chi connectivity index (χ0n) is 13.8. The van der Waals surface area contributed by atoms with Crippen molar-refractivity contribution in [1.82, 2.24) is 0 Å². The summed E-state index contributed by atoms with van der Waals surface area (Å²) in [6, 6.07) is 8.60. The minimum Gasteiger partial charge on any atom is -0.496 e. The lowest BCUT2D eigenvalue weighted by Gasteiger charge is -2.26. The molecule has 0 saturated heterocycles. The highest BCUT2D eigenvalue weighted by Gasteiger charge is 2.34. The lowest BCUT2D eigenvalue weighted by molar-refractivity contribution is -0.122. The molecule has 5 heteroatoms.